The second kappa shape index (κ2) is 5.17. The second-order valence-electron chi connectivity index (χ2n) is 3.38. The SMILES string of the molecule is COc1ccc(NC(=O)c2cn[nH]n2)cc1OC. The molecule has 0 aliphatic heterocycles. The van der Waals surface area contributed by atoms with Gasteiger partial charge >= 0.3 is 0 Å². The zero-order chi connectivity index (χ0) is 13.0. The van der Waals surface area contributed by atoms with Crippen molar-refractivity contribution < 1.29 is 14.3 Å². The van der Waals surface area contributed by atoms with Crippen LogP contribution in [0.15, 0.2) is 24.4 Å². The van der Waals surface area contributed by atoms with Gasteiger partial charge in [0.1, 0.15) is 0 Å². The highest BCUT2D eigenvalue weighted by Gasteiger charge is 2.10. The molecule has 0 spiro atoms. The van der Waals surface area contributed by atoms with Gasteiger partial charge in [0.25, 0.3) is 5.91 Å². The zero-order valence-electron chi connectivity index (χ0n) is 9.93. The number of carbonyl (C=O) groups is 1. The van der Waals surface area contributed by atoms with Gasteiger partial charge < -0.3 is 14.8 Å². The number of hydrogen-bond acceptors (Lipinski definition) is 5. The first-order chi connectivity index (χ1) is 8.74. The van der Waals surface area contributed by atoms with Crippen LogP contribution in [-0.2, 0) is 0 Å². The number of nitrogens with zero attached hydrogens (tertiary/aromatic N) is 2. The van der Waals surface area contributed by atoms with E-state index in [9.17, 15) is 4.79 Å². The Bertz CT molecular complexity index is 539. The molecule has 2 aromatic rings. The van der Waals surface area contributed by atoms with Crippen LogP contribution < -0.4 is 14.8 Å². The van der Waals surface area contributed by atoms with Crippen LogP contribution in [0, 0.1) is 0 Å². The van der Waals surface area contributed by atoms with E-state index in [1.807, 2.05) is 0 Å². The number of carbonyl (C=O) groups excluding carboxylic acids is 1. The average Bonchev–Trinajstić information content (AvgIpc) is 2.92. The third kappa shape index (κ3) is 2.40. The molecule has 2 N–H and O–H groups in total. The summed E-state index contributed by atoms with van der Waals surface area (Å²) in [6.07, 6.45) is 1.34. The Hall–Kier alpha value is -2.57. The zero-order valence-corrected chi connectivity index (χ0v) is 9.93. The van der Waals surface area contributed by atoms with E-state index in [0.29, 0.717) is 17.2 Å². The highest BCUT2D eigenvalue weighted by molar-refractivity contribution is 6.02. The highest BCUT2D eigenvalue weighted by atomic mass is 16.5. The molecule has 7 heteroatoms. The fourth-order valence-corrected chi connectivity index (χ4v) is 1.42. The van der Waals surface area contributed by atoms with E-state index >= 15 is 0 Å². The van der Waals surface area contributed by atoms with Crippen LogP contribution in [0.1, 0.15) is 10.5 Å². The monoisotopic (exact) mass is 248 g/mol. The van der Waals surface area contributed by atoms with Crippen molar-refractivity contribution in [3.05, 3.63) is 30.1 Å². The minimum atomic E-state index is -0.351. The Labute approximate surface area is 103 Å². The van der Waals surface area contributed by atoms with Crippen LogP contribution >= 0.6 is 0 Å². The molecule has 0 fully saturated rings. The van der Waals surface area contributed by atoms with E-state index < -0.39 is 0 Å². The van der Waals surface area contributed by atoms with Gasteiger partial charge in [0, 0.05) is 11.8 Å². The third-order valence-electron chi connectivity index (χ3n) is 2.29. The largest absolute Gasteiger partial charge is 0.493 e. The molecule has 94 valence electrons. The molecule has 1 aromatic carbocycles. The fraction of sp³-hybridized carbons (Fsp3) is 0.182. The molecule has 18 heavy (non-hydrogen) atoms. The molecular weight excluding hydrogens is 236 g/mol. The normalized spacial score (nSPS) is 9.89. The maximum Gasteiger partial charge on any atom is 0.277 e. The summed E-state index contributed by atoms with van der Waals surface area (Å²) < 4.78 is 10.2. The molecule has 1 heterocycles. The van der Waals surface area contributed by atoms with Crippen LogP contribution in [0.25, 0.3) is 0 Å². The lowest BCUT2D eigenvalue weighted by atomic mass is 10.2. The standard InChI is InChI=1S/C11H12N4O3/c1-17-9-4-3-7(5-10(9)18-2)13-11(16)8-6-12-15-14-8/h3-6H,1-2H3,(H,13,16)(H,12,14,15). The lowest BCUT2D eigenvalue weighted by Gasteiger charge is -2.09. The first-order valence-electron chi connectivity index (χ1n) is 5.13. The molecule has 1 aromatic heterocycles. The lowest BCUT2D eigenvalue weighted by Crippen LogP contribution is -2.12. The van der Waals surface area contributed by atoms with Crippen molar-refractivity contribution in [3.63, 3.8) is 0 Å². The summed E-state index contributed by atoms with van der Waals surface area (Å²) in [5.41, 5.74) is 0.797. The van der Waals surface area contributed by atoms with Gasteiger partial charge in [-0.1, -0.05) is 0 Å². The fourth-order valence-electron chi connectivity index (χ4n) is 1.42. The molecule has 0 bridgehead atoms. The summed E-state index contributed by atoms with van der Waals surface area (Å²) >= 11 is 0. The van der Waals surface area contributed by atoms with Gasteiger partial charge in [0.05, 0.1) is 20.4 Å². The van der Waals surface area contributed by atoms with Crippen molar-refractivity contribution in [1.82, 2.24) is 15.4 Å². The van der Waals surface area contributed by atoms with E-state index in [-0.39, 0.29) is 11.6 Å². The summed E-state index contributed by atoms with van der Waals surface area (Å²) in [5, 5.41) is 12.3. The van der Waals surface area contributed by atoms with Gasteiger partial charge in [-0.3, -0.25) is 4.79 Å². The van der Waals surface area contributed by atoms with Crippen LogP contribution in [0.2, 0.25) is 0 Å². The smallest absolute Gasteiger partial charge is 0.277 e. The number of rotatable bonds is 4. The van der Waals surface area contributed by atoms with Gasteiger partial charge in [0.15, 0.2) is 17.2 Å². The minimum Gasteiger partial charge on any atom is -0.493 e. The summed E-state index contributed by atoms with van der Waals surface area (Å²) in [7, 11) is 3.08. The molecule has 0 unspecified atom stereocenters. The number of ether oxygens (including phenoxy) is 2. The lowest BCUT2D eigenvalue weighted by molar-refractivity contribution is 0.102. The van der Waals surface area contributed by atoms with Crippen molar-refractivity contribution in [2.75, 3.05) is 19.5 Å². The van der Waals surface area contributed by atoms with Crippen LogP contribution in [0.4, 0.5) is 5.69 Å². The van der Waals surface area contributed by atoms with E-state index in [0.717, 1.165) is 0 Å². The molecule has 0 atom stereocenters. The Morgan fingerprint density at radius 1 is 1.28 bits per heavy atom. The van der Waals surface area contributed by atoms with Crippen LogP contribution in [0.3, 0.4) is 0 Å². The molecule has 0 aliphatic carbocycles. The molecule has 0 aliphatic rings. The van der Waals surface area contributed by atoms with Gasteiger partial charge in [0.2, 0.25) is 0 Å². The quantitative estimate of drug-likeness (QED) is 0.844. The van der Waals surface area contributed by atoms with Crippen LogP contribution in [-0.4, -0.2) is 35.5 Å². The molecule has 0 saturated carbocycles. The van der Waals surface area contributed by atoms with Crippen LogP contribution in [0.5, 0.6) is 11.5 Å². The average molecular weight is 248 g/mol. The van der Waals surface area contributed by atoms with E-state index in [1.54, 1.807) is 25.3 Å². The number of anilines is 1. The first-order valence-corrected chi connectivity index (χ1v) is 5.13. The minimum absolute atomic E-state index is 0.213. The first kappa shape index (κ1) is 11.9. The number of amides is 1. The molecule has 1 amide bonds. The van der Waals surface area contributed by atoms with Gasteiger partial charge in [-0.05, 0) is 12.1 Å². The number of hydrogen-bond donors (Lipinski definition) is 2. The summed E-state index contributed by atoms with van der Waals surface area (Å²) in [6.45, 7) is 0. The number of H-pyrrole nitrogens is 1. The Morgan fingerprint density at radius 3 is 2.67 bits per heavy atom. The van der Waals surface area contributed by atoms with Gasteiger partial charge in [-0.15, -0.1) is 0 Å². The Kier molecular flexibility index (Phi) is 3.42. The maximum absolute atomic E-state index is 11.7. The number of benzene rings is 1. The number of aromatic amines is 1. The number of methoxy groups -OCH3 is 2. The molecule has 0 saturated heterocycles. The summed E-state index contributed by atoms with van der Waals surface area (Å²) in [6, 6.07) is 5.08. The predicted octanol–water partition coefficient (Wildman–Crippen LogP) is 1.07. The van der Waals surface area contributed by atoms with E-state index in [1.165, 1.54) is 13.3 Å². The third-order valence-corrected chi connectivity index (χ3v) is 2.29. The second-order valence-corrected chi connectivity index (χ2v) is 3.38. The molecule has 0 radical (unpaired) electrons. The van der Waals surface area contributed by atoms with E-state index in [4.69, 9.17) is 9.47 Å². The summed E-state index contributed by atoms with van der Waals surface area (Å²) in [4.78, 5) is 11.7. The molecule has 2 rings (SSSR count). The Morgan fingerprint density at radius 2 is 2.06 bits per heavy atom. The van der Waals surface area contributed by atoms with Crippen molar-refractivity contribution in [2.45, 2.75) is 0 Å². The van der Waals surface area contributed by atoms with Crippen molar-refractivity contribution in [1.29, 1.82) is 0 Å². The van der Waals surface area contributed by atoms with Crippen molar-refractivity contribution in [2.24, 2.45) is 0 Å². The Balaban J connectivity index is 2.17. The van der Waals surface area contributed by atoms with E-state index in [2.05, 4.69) is 20.7 Å². The number of nitrogens with one attached hydrogen (secondary N) is 2. The maximum atomic E-state index is 11.7. The molecular formula is C11H12N4O3. The number of aromatic nitrogens is 3. The topological polar surface area (TPSA) is 89.1 Å². The van der Waals surface area contributed by atoms with Gasteiger partial charge in [-0.2, -0.15) is 15.4 Å². The van der Waals surface area contributed by atoms with Crippen molar-refractivity contribution in [3.8, 4) is 11.5 Å². The molecule has 7 nitrogen and oxygen atoms in total. The summed E-state index contributed by atoms with van der Waals surface area (Å²) in [5.74, 6) is 0.781. The van der Waals surface area contributed by atoms with Crippen molar-refractivity contribution >= 4 is 11.6 Å². The predicted molar refractivity (Wildman–Crippen MR) is 63.9 cm³/mol. The highest BCUT2D eigenvalue weighted by Crippen LogP contribution is 2.29. The van der Waals surface area contributed by atoms with Gasteiger partial charge in [-0.25, -0.2) is 0 Å².